The number of nitrogens with zero attached hydrogens (tertiary/aromatic N) is 2. The van der Waals surface area contributed by atoms with E-state index in [1.54, 1.807) is 12.4 Å². The van der Waals surface area contributed by atoms with Gasteiger partial charge in [0.25, 0.3) is 0 Å². The monoisotopic (exact) mass is 200 g/mol. The molecule has 2 aromatic rings. The summed E-state index contributed by atoms with van der Waals surface area (Å²) >= 11 is 0. The predicted octanol–water partition coefficient (Wildman–Crippen LogP) is 3.32. The Hall–Kier alpha value is -1.44. The second kappa shape index (κ2) is 3.97. The molecule has 2 heteroatoms. The largest absolute Gasteiger partial charge is 0.253 e. The van der Waals surface area contributed by atoms with Gasteiger partial charge in [-0.25, -0.2) is 0 Å². The van der Waals surface area contributed by atoms with Crippen LogP contribution in [0.4, 0.5) is 0 Å². The normalized spacial score (nSPS) is 11.2. The second-order valence-corrected chi connectivity index (χ2v) is 4.10. The Morgan fingerprint density at radius 1 is 1.07 bits per heavy atom. The fraction of sp³-hybridized carbons (Fsp3) is 0.385. The first-order chi connectivity index (χ1) is 7.22. The molecule has 0 bridgehead atoms. The van der Waals surface area contributed by atoms with Crippen LogP contribution in [0.3, 0.4) is 0 Å². The summed E-state index contributed by atoms with van der Waals surface area (Å²) in [6, 6.07) is 4.34. The van der Waals surface area contributed by atoms with Crippen LogP contribution in [0.5, 0.6) is 0 Å². The van der Waals surface area contributed by atoms with Crippen molar-refractivity contribution in [3.63, 3.8) is 0 Å². The highest BCUT2D eigenvalue weighted by Gasteiger charge is 2.07. The van der Waals surface area contributed by atoms with Gasteiger partial charge in [0.05, 0.1) is 11.0 Å². The first-order valence-electron chi connectivity index (χ1n) is 5.46. The van der Waals surface area contributed by atoms with Crippen molar-refractivity contribution in [2.75, 3.05) is 0 Å². The Morgan fingerprint density at radius 2 is 1.67 bits per heavy atom. The smallest absolute Gasteiger partial charge is 0.0889 e. The summed E-state index contributed by atoms with van der Waals surface area (Å²) < 4.78 is 0. The van der Waals surface area contributed by atoms with Gasteiger partial charge in [-0.05, 0) is 35.6 Å². The highest BCUT2D eigenvalue weighted by Crippen LogP contribution is 2.24. The van der Waals surface area contributed by atoms with Gasteiger partial charge in [-0.2, -0.15) is 0 Å². The van der Waals surface area contributed by atoms with Gasteiger partial charge >= 0.3 is 0 Å². The van der Waals surface area contributed by atoms with Gasteiger partial charge in [-0.1, -0.05) is 20.8 Å². The van der Waals surface area contributed by atoms with Crippen molar-refractivity contribution >= 4 is 11.0 Å². The first-order valence-corrected chi connectivity index (χ1v) is 5.46. The van der Waals surface area contributed by atoms with Crippen LogP contribution in [-0.4, -0.2) is 9.97 Å². The summed E-state index contributed by atoms with van der Waals surface area (Å²) in [4.78, 5) is 8.66. The van der Waals surface area contributed by atoms with Crippen LogP contribution in [0.2, 0.25) is 0 Å². The maximum absolute atomic E-state index is 4.34. The number of aromatic nitrogens is 2. The Morgan fingerprint density at radius 3 is 2.20 bits per heavy atom. The average molecular weight is 200 g/mol. The lowest BCUT2D eigenvalue weighted by molar-refractivity contribution is 0.846. The molecule has 0 radical (unpaired) electrons. The minimum Gasteiger partial charge on any atom is -0.253 e. The van der Waals surface area contributed by atoms with Crippen LogP contribution < -0.4 is 0 Å². The maximum Gasteiger partial charge on any atom is 0.0889 e. The van der Waals surface area contributed by atoms with E-state index in [9.17, 15) is 0 Å². The lowest BCUT2D eigenvalue weighted by atomic mass is 9.95. The van der Waals surface area contributed by atoms with Crippen LogP contribution >= 0.6 is 0 Å². The summed E-state index contributed by atoms with van der Waals surface area (Å²) in [5.41, 5.74) is 4.78. The van der Waals surface area contributed by atoms with Crippen molar-refractivity contribution in [2.24, 2.45) is 0 Å². The Kier molecular flexibility index (Phi) is 2.67. The number of hydrogen-bond acceptors (Lipinski definition) is 2. The fourth-order valence-electron chi connectivity index (χ4n) is 1.91. The molecule has 0 fully saturated rings. The van der Waals surface area contributed by atoms with E-state index in [0.717, 1.165) is 17.5 Å². The van der Waals surface area contributed by atoms with Gasteiger partial charge < -0.3 is 0 Å². The van der Waals surface area contributed by atoms with Gasteiger partial charge in [-0.3, -0.25) is 9.97 Å². The van der Waals surface area contributed by atoms with E-state index >= 15 is 0 Å². The molecule has 0 aliphatic carbocycles. The molecule has 0 aliphatic rings. The molecule has 0 amide bonds. The van der Waals surface area contributed by atoms with E-state index in [0.29, 0.717) is 5.92 Å². The highest BCUT2D eigenvalue weighted by molar-refractivity contribution is 5.76. The fourth-order valence-corrected chi connectivity index (χ4v) is 1.91. The summed E-state index contributed by atoms with van der Waals surface area (Å²) in [6.45, 7) is 6.62. The Labute approximate surface area is 90.4 Å². The molecule has 78 valence electrons. The quantitative estimate of drug-likeness (QED) is 0.743. The molecule has 1 aromatic heterocycles. The molecule has 0 atom stereocenters. The van der Waals surface area contributed by atoms with Gasteiger partial charge in [0.15, 0.2) is 0 Å². The third-order valence-electron chi connectivity index (χ3n) is 2.73. The number of rotatable bonds is 2. The maximum atomic E-state index is 4.34. The predicted molar refractivity (Wildman–Crippen MR) is 63.0 cm³/mol. The molecule has 0 spiro atoms. The van der Waals surface area contributed by atoms with Crippen molar-refractivity contribution in [2.45, 2.75) is 33.1 Å². The molecule has 0 N–H and O–H groups in total. The number of benzene rings is 1. The molecule has 0 saturated carbocycles. The molecule has 15 heavy (non-hydrogen) atoms. The van der Waals surface area contributed by atoms with E-state index < -0.39 is 0 Å². The standard InChI is InChI=1S/C13H16N2/c1-4-10-7-12-13(15-6-5-14-12)8-11(10)9(2)3/h5-9H,4H2,1-3H3. The van der Waals surface area contributed by atoms with Gasteiger partial charge in [0.1, 0.15) is 0 Å². The zero-order valence-electron chi connectivity index (χ0n) is 9.49. The highest BCUT2D eigenvalue weighted by atomic mass is 14.8. The topological polar surface area (TPSA) is 25.8 Å². The minimum absolute atomic E-state index is 0.548. The van der Waals surface area contributed by atoms with E-state index in [-0.39, 0.29) is 0 Å². The average Bonchev–Trinajstić information content (AvgIpc) is 2.27. The molecule has 2 rings (SSSR count). The van der Waals surface area contributed by atoms with Crippen molar-refractivity contribution in [3.05, 3.63) is 35.7 Å². The van der Waals surface area contributed by atoms with Crippen molar-refractivity contribution < 1.29 is 0 Å². The number of fused-ring (bicyclic) bond motifs is 1. The Balaban J connectivity index is 2.69. The van der Waals surface area contributed by atoms with Crippen LogP contribution in [0.25, 0.3) is 11.0 Å². The molecule has 2 nitrogen and oxygen atoms in total. The number of aryl methyl sites for hydroxylation is 1. The molecular weight excluding hydrogens is 184 g/mol. The van der Waals surface area contributed by atoms with Crippen LogP contribution in [0, 0.1) is 0 Å². The van der Waals surface area contributed by atoms with E-state index in [1.165, 1.54) is 11.1 Å². The Bertz CT molecular complexity index is 475. The van der Waals surface area contributed by atoms with Crippen molar-refractivity contribution in [1.29, 1.82) is 0 Å². The summed E-state index contributed by atoms with van der Waals surface area (Å²) in [5, 5.41) is 0. The van der Waals surface area contributed by atoms with Crippen LogP contribution in [-0.2, 0) is 6.42 Å². The van der Waals surface area contributed by atoms with Crippen molar-refractivity contribution in [1.82, 2.24) is 9.97 Å². The number of hydrogen-bond donors (Lipinski definition) is 0. The molecule has 0 aliphatic heterocycles. The molecular formula is C13H16N2. The lowest BCUT2D eigenvalue weighted by Gasteiger charge is -2.12. The van der Waals surface area contributed by atoms with Crippen LogP contribution in [0.15, 0.2) is 24.5 Å². The van der Waals surface area contributed by atoms with Crippen LogP contribution in [0.1, 0.15) is 37.8 Å². The summed E-state index contributed by atoms with van der Waals surface area (Å²) in [6.07, 6.45) is 4.55. The third kappa shape index (κ3) is 1.84. The minimum atomic E-state index is 0.548. The van der Waals surface area contributed by atoms with E-state index in [2.05, 4.69) is 42.9 Å². The van der Waals surface area contributed by atoms with Gasteiger partial charge in [0.2, 0.25) is 0 Å². The molecule has 0 unspecified atom stereocenters. The molecule has 1 heterocycles. The third-order valence-corrected chi connectivity index (χ3v) is 2.73. The zero-order valence-corrected chi connectivity index (χ0v) is 9.49. The van der Waals surface area contributed by atoms with Gasteiger partial charge in [-0.15, -0.1) is 0 Å². The second-order valence-electron chi connectivity index (χ2n) is 4.10. The van der Waals surface area contributed by atoms with E-state index in [4.69, 9.17) is 0 Å². The molecule has 1 aromatic carbocycles. The summed E-state index contributed by atoms with van der Waals surface area (Å²) in [7, 11) is 0. The first kappa shape index (κ1) is 10.1. The molecule has 0 saturated heterocycles. The summed E-state index contributed by atoms with van der Waals surface area (Å²) in [5.74, 6) is 0.548. The van der Waals surface area contributed by atoms with Gasteiger partial charge in [0, 0.05) is 12.4 Å². The SMILES string of the molecule is CCc1cc2nccnc2cc1C(C)C. The zero-order chi connectivity index (χ0) is 10.8. The van der Waals surface area contributed by atoms with Crippen molar-refractivity contribution in [3.8, 4) is 0 Å². The van der Waals surface area contributed by atoms with E-state index in [1.807, 2.05) is 0 Å². The lowest BCUT2D eigenvalue weighted by Crippen LogP contribution is -1.97.